The number of carbonyl (C=O) groups excluding carboxylic acids is 1. The SMILES string of the molecule is CCSc1cc(=O)c2cc(C(F)(F)F)cc(C(C)Nc3ccc(Cl)nc3C(=O)OC(C)(C)C)c2o1. The molecule has 0 saturated heterocycles. The molecule has 35 heavy (non-hydrogen) atoms. The molecule has 3 aromatic rings. The van der Waals surface area contributed by atoms with E-state index in [4.69, 9.17) is 20.8 Å². The Morgan fingerprint density at radius 3 is 2.51 bits per heavy atom. The molecule has 0 radical (unpaired) electrons. The van der Waals surface area contributed by atoms with E-state index >= 15 is 0 Å². The first kappa shape index (κ1) is 26.9. The summed E-state index contributed by atoms with van der Waals surface area (Å²) in [5.41, 5.74) is -2.18. The van der Waals surface area contributed by atoms with Crippen LogP contribution in [-0.4, -0.2) is 22.3 Å². The maximum absolute atomic E-state index is 13.6. The van der Waals surface area contributed by atoms with Crippen LogP contribution >= 0.6 is 23.4 Å². The van der Waals surface area contributed by atoms with Crippen LogP contribution in [0.2, 0.25) is 5.15 Å². The quantitative estimate of drug-likeness (QED) is 0.207. The summed E-state index contributed by atoms with van der Waals surface area (Å²) in [5.74, 6) is -0.148. The molecule has 6 nitrogen and oxygen atoms in total. The molecule has 2 heterocycles. The summed E-state index contributed by atoms with van der Waals surface area (Å²) in [6, 6.07) is 4.99. The highest BCUT2D eigenvalue weighted by Crippen LogP contribution is 2.37. The number of carbonyl (C=O) groups is 1. The molecule has 0 aliphatic rings. The molecule has 2 aromatic heterocycles. The van der Waals surface area contributed by atoms with Crippen molar-refractivity contribution >= 4 is 46.0 Å². The van der Waals surface area contributed by atoms with Gasteiger partial charge in [-0.15, -0.1) is 0 Å². The van der Waals surface area contributed by atoms with Crippen molar-refractivity contribution in [2.45, 2.75) is 57.5 Å². The van der Waals surface area contributed by atoms with Crippen LogP contribution in [0.1, 0.15) is 62.3 Å². The number of esters is 1. The summed E-state index contributed by atoms with van der Waals surface area (Å²) in [4.78, 5) is 29.4. The normalized spacial score (nSPS) is 13.1. The maximum atomic E-state index is 13.6. The summed E-state index contributed by atoms with van der Waals surface area (Å²) in [5, 5.41) is 3.15. The number of anilines is 1. The largest absolute Gasteiger partial charge is 0.455 e. The second-order valence-electron chi connectivity index (χ2n) is 8.70. The number of benzene rings is 1. The fraction of sp³-hybridized carbons (Fsp3) is 0.375. The summed E-state index contributed by atoms with van der Waals surface area (Å²) in [7, 11) is 0. The highest BCUT2D eigenvalue weighted by Gasteiger charge is 2.33. The number of pyridine rings is 1. The molecule has 11 heteroatoms. The lowest BCUT2D eigenvalue weighted by molar-refractivity contribution is -0.137. The summed E-state index contributed by atoms with van der Waals surface area (Å²) in [6.07, 6.45) is -4.69. The topological polar surface area (TPSA) is 81.4 Å². The summed E-state index contributed by atoms with van der Waals surface area (Å²) >= 11 is 7.23. The molecule has 1 unspecified atom stereocenters. The lowest BCUT2D eigenvalue weighted by Gasteiger charge is -2.22. The summed E-state index contributed by atoms with van der Waals surface area (Å²) < 4.78 is 52.2. The minimum Gasteiger partial charge on any atom is -0.455 e. The highest BCUT2D eigenvalue weighted by atomic mass is 35.5. The molecule has 1 N–H and O–H groups in total. The van der Waals surface area contributed by atoms with Gasteiger partial charge in [0.1, 0.15) is 16.3 Å². The summed E-state index contributed by atoms with van der Waals surface area (Å²) in [6.45, 7) is 8.51. The number of fused-ring (bicyclic) bond motifs is 1. The van der Waals surface area contributed by atoms with Crippen molar-refractivity contribution in [2.75, 3.05) is 11.1 Å². The minimum atomic E-state index is -4.69. The van der Waals surface area contributed by atoms with E-state index in [2.05, 4.69) is 10.3 Å². The number of thioether (sulfide) groups is 1. The fourth-order valence-corrected chi connectivity index (χ4v) is 4.07. The molecule has 0 saturated carbocycles. The highest BCUT2D eigenvalue weighted by molar-refractivity contribution is 7.99. The van der Waals surface area contributed by atoms with Gasteiger partial charge in [-0.3, -0.25) is 4.79 Å². The third-order valence-electron chi connectivity index (χ3n) is 4.74. The van der Waals surface area contributed by atoms with Crippen LogP contribution in [0.5, 0.6) is 0 Å². The predicted molar refractivity (Wildman–Crippen MR) is 130 cm³/mol. The first-order chi connectivity index (χ1) is 16.2. The van der Waals surface area contributed by atoms with Crippen LogP contribution in [0, 0.1) is 0 Å². The number of hydrogen-bond acceptors (Lipinski definition) is 7. The van der Waals surface area contributed by atoms with Crippen LogP contribution in [0.25, 0.3) is 11.0 Å². The predicted octanol–water partition coefficient (Wildman–Crippen LogP) is 7.10. The average Bonchev–Trinajstić information content (AvgIpc) is 2.72. The van der Waals surface area contributed by atoms with Gasteiger partial charge < -0.3 is 14.5 Å². The Morgan fingerprint density at radius 1 is 1.23 bits per heavy atom. The van der Waals surface area contributed by atoms with Crippen molar-refractivity contribution in [3.8, 4) is 0 Å². The van der Waals surface area contributed by atoms with Crippen LogP contribution < -0.4 is 10.7 Å². The van der Waals surface area contributed by atoms with Crippen molar-refractivity contribution in [3.05, 3.63) is 62.5 Å². The molecule has 188 valence electrons. The molecule has 1 aromatic carbocycles. The lowest BCUT2D eigenvalue weighted by Crippen LogP contribution is -2.25. The molecule has 1 atom stereocenters. The Balaban J connectivity index is 2.14. The molecule has 0 fully saturated rings. The monoisotopic (exact) mass is 528 g/mol. The van der Waals surface area contributed by atoms with Crippen LogP contribution in [0.15, 0.2) is 44.6 Å². The molecule has 0 aliphatic carbocycles. The van der Waals surface area contributed by atoms with Crippen LogP contribution in [0.3, 0.4) is 0 Å². The lowest BCUT2D eigenvalue weighted by atomic mass is 10.00. The first-order valence-corrected chi connectivity index (χ1v) is 12.0. The molecule has 0 bridgehead atoms. The van der Waals surface area contributed by atoms with Crippen LogP contribution in [-0.2, 0) is 10.9 Å². The molecule has 3 rings (SSSR count). The number of aromatic nitrogens is 1. The minimum absolute atomic E-state index is 0.0298. The van der Waals surface area contributed by atoms with Gasteiger partial charge in [-0.1, -0.05) is 30.3 Å². The zero-order valence-electron chi connectivity index (χ0n) is 19.7. The molecule has 0 amide bonds. The van der Waals surface area contributed by atoms with Gasteiger partial charge in [-0.05, 0) is 57.7 Å². The second-order valence-corrected chi connectivity index (χ2v) is 10.4. The fourth-order valence-electron chi connectivity index (χ4n) is 3.31. The van der Waals surface area contributed by atoms with E-state index in [0.717, 1.165) is 12.1 Å². The Hall–Kier alpha value is -2.72. The smallest absolute Gasteiger partial charge is 0.416 e. The molecular weight excluding hydrogens is 505 g/mol. The van der Waals surface area contributed by atoms with E-state index in [1.807, 2.05) is 6.92 Å². The average molecular weight is 529 g/mol. The number of nitrogens with one attached hydrogen (secondary N) is 1. The van der Waals surface area contributed by atoms with Gasteiger partial charge in [0.15, 0.2) is 16.2 Å². The van der Waals surface area contributed by atoms with E-state index in [-0.39, 0.29) is 33.1 Å². The van der Waals surface area contributed by atoms with Gasteiger partial charge in [0.2, 0.25) is 0 Å². The van der Waals surface area contributed by atoms with E-state index in [1.54, 1.807) is 27.7 Å². The van der Waals surface area contributed by atoms with Crippen LogP contribution in [0.4, 0.5) is 18.9 Å². The Bertz CT molecular complexity index is 1320. The molecule has 0 spiro atoms. The Labute approximate surface area is 209 Å². The van der Waals surface area contributed by atoms with Gasteiger partial charge >= 0.3 is 12.1 Å². The van der Waals surface area contributed by atoms with E-state index in [0.29, 0.717) is 10.8 Å². The maximum Gasteiger partial charge on any atom is 0.416 e. The Morgan fingerprint density at radius 2 is 1.91 bits per heavy atom. The van der Waals surface area contributed by atoms with Gasteiger partial charge in [0, 0.05) is 11.6 Å². The number of nitrogens with zero attached hydrogens (tertiary/aromatic N) is 1. The zero-order chi connectivity index (χ0) is 26.1. The second kappa shape index (κ2) is 10.1. The number of ether oxygens (including phenoxy) is 1. The van der Waals surface area contributed by atoms with Crippen molar-refractivity contribution in [1.82, 2.24) is 4.98 Å². The van der Waals surface area contributed by atoms with Gasteiger partial charge in [0.05, 0.1) is 22.7 Å². The molecule has 0 aliphatic heterocycles. The number of halogens is 4. The molecular formula is C24H24ClF3N2O4S. The number of alkyl halides is 3. The van der Waals surface area contributed by atoms with Gasteiger partial charge in [-0.25, -0.2) is 9.78 Å². The number of hydrogen-bond donors (Lipinski definition) is 1. The first-order valence-electron chi connectivity index (χ1n) is 10.7. The Kier molecular flexibility index (Phi) is 7.76. The van der Waals surface area contributed by atoms with E-state index in [9.17, 15) is 22.8 Å². The third kappa shape index (κ3) is 6.49. The van der Waals surface area contributed by atoms with Gasteiger partial charge in [-0.2, -0.15) is 13.2 Å². The number of rotatable bonds is 6. The van der Waals surface area contributed by atoms with Crippen molar-refractivity contribution in [1.29, 1.82) is 0 Å². The zero-order valence-corrected chi connectivity index (χ0v) is 21.2. The van der Waals surface area contributed by atoms with E-state index < -0.39 is 34.8 Å². The van der Waals surface area contributed by atoms with Crippen molar-refractivity contribution < 1.29 is 27.1 Å². The standard InChI is InChI=1S/C24H24ClF3N2O4S/c1-6-35-19-11-17(31)15-10-13(24(26,27)28)9-14(21(15)33-19)12(2)29-16-7-8-18(25)30-20(16)22(32)34-23(3,4)5/h7-12,29H,6H2,1-5H3. The van der Waals surface area contributed by atoms with Gasteiger partial charge in [0.25, 0.3) is 0 Å². The van der Waals surface area contributed by atoms with Crippen molar-refractivity contribution in [2.24, 2.45) is 0 Å². The van der Waals surface area contributed by atoms with Crippen molar-refractivity contribution in [3.63, 3.8) is 0 Å². The van der Waals surface area contributed by atoms with E-state index in [1.165, 1.54) is 30.0 Å². The third-order valence-corrected chi connectivity index (χ3v) is 5.73.